The zero-order chi connectivity index (χ0) is 13.5. The molecule has 0 saturated carbocycles. The van der Waals surface area contributed by atoms with E-state index >= 15 is 0 Å². The molecule has 2 atom stereocenters. The molecule has 4 heteroatoms. The van der Waals surface area contributed by atoms with Crippen LogP contribution in [-0.2, 0) is 6.54 Å². The largest absolute Gasteiger partial charge is 0.381 e. The lowest BCUT2D eigenvalue weighted by Crippen LogP contribution is -2.23. The summed E-state index contributed by atoms with van der Waals surface area (Å²) in [7, 11) is 2.00. The van der Waals surface area contributed by atoms with E-state index in [2.05, 4.69) is 64.2 Å². The molecule has 2 aromatic rings. The minimum Gasteiger partial charge on any atom is -0.381 e. The van der Waals surface area contributed by atoms with Crippen LogP contribution in [0.1, 0.15) is 28.8 Å². The fourth-order valence-electron chi connectivity index (χ4n) is 3.15. The smallest absolute Gasteiger partial charge is 0.124 e. The van der Waals surface area contributed by atoms with Crippen LogP contribution in [0.3, 0.4) is 0 Å². The van der Waals surface area contributed by atoms with Crippen LogP contribution in [-0.4, -0.2) is 12.1 Å². The number of benzene rings is 2. The van der Waals surface area contributed by atoms with Crippen LogP contribution in [0.5, 0.6) is 0 Å². The van der Waals surface area contributed by atoms with Crippen LogP contribution in [0, 0.1) is 0 Å². The van der Waals surface area contributed by atoms with E-state index in [1.165, 1.54) is 22.4 Å². The van der Waals surface area contributed by atoms with Gasteiger partial charge < -0.3 is 5.32 Å². The molecule has 0 radical (unpaired) electrons. The molecule has 0 fully saturated rings. The lowest BCUT2D eigenvalue weighted by molar-refractivity contribution is 0.274. The highest BCUT2D eigenvalue weighted by atomic mass is 15.6. The summed E-state index contributed by atoms with van der Waals surface area (Å²) in [5.74, 6) is 0. The van der Waals surface area contributed by atoms with E-state index < -0.39 is 0 Å². The quantitative estimate of drug-likeness (QED) is 0.788. The Bertz CT molecular complexity index is 680. The van der Waals surface area contributed by atoms with E-state index in [0.717, 1.165) is 6.54 Å². The van der Waals surface area contributed by atoms with Gasteiger partial charge in [0.25, 0.3) is 0 Å². The van der Waals surface area contributed by atoms with Gasteiger partial charge >= 0.3 is 0 Å². The fraction of sp³-hybridized carbons (Fsp3) is 0.250. The highest BCUT2D eigenvalue weighted by Gasteiger charge is 2.36. The van der Waals surface area contributed by atoms with Crippen molar-refractivity contribution in [3.63, 3.8) is 0 Å². The van der Waals surface area contributed by atoms with Crippen molar-refractivity contribution in [3.8, 4) is 0 Å². The van der Waals surface area contributed by atoms with Crippen LogP contribution in [0.25, 0.3) is 0 Å². The van der Waals surface area contributed by atoms with Crippen molar-refractivity contribution in [1.29, 1.82) is 0 Å². The van der Waals surface area contributed by atoms with E-state index in [0.29, 0.717) is 0 Å². The van der Waals surface area contributed by atoms with Gasteiger partial charge in [0, 0.05) is 24.8 Å². The number of nitrogens with zero attached hydrogens (tertiary/aromatic N) is 3. The van der Waals surface area contributed by atoms with Crippen molar-refractivity contribution >= 4 is 5.69 Å². The van der Waals surface area contributed by atoms with Gasteiger partial charge in [0.15, 0.2) is 0 Å². The van der Waals surface area contributed by atoms with E-state index in [4.69, 9.17) is 0 Å². The highest BCUT2D eigenvalue weighted by molar-refractivity contribution is 5.56. The Labute approximate surface area is 118 Å². The monoisotopic (exact) mass is 264 g/mol. The third-order valence-electron chi connectivity index (χ3n) is 4.14. The molecule has 0 aliphatic carbocycles. The number of fused-ring (bicyclic) bond motifs is 5. The predicted molar refractivity (Wildman–Crippen MR) is 78.3 cm³/mol. The summed E-state index contributed by atoms with van der Waals surface area (Å²) < 4.78 is 0. The van der Waals surface area contributed by atoms with E-state index in [1.807, 2.05) is 12.1 Å². The first-order chi connectivity index (χ1) is 9.84. The third-order valence-corrected chi connectivity index (χ3v) is 4.14. The van der Waals surface area contributed by atoms with Gasteiger partial charge in [-0.1, -0.05) is 47.7 Å². The summed E-state index contributed by atoms with van der Waals surface area (Å²) >= 11 is 0. The molecule has 2 heterocycles. The van der Waals surface area contributed by atoms with Crippen molar-refractivity contribution in [2.24, 2.45) is 10.3 Å². The fourth-order valence-corrected chi connectivity index (χ4v) is 3.15. The van der Waals surface area contributed by atoms with Gasteiger partial charge in [0.2, 0.25) is 0 Å². The number of likely N-dealkylation sites (N-methyl/N-ethyl adjacent to an activating group) is 1. The molecule has 4 nitrogen and oxygen atoms in total. The maximum Gasteiger partial charge on any atom is 0.124 e. The maximum absolute atomic E-state index is 4.50. The predicted octanol–water partition coefficient (Wildman–Crippen LogP) is 3.71. The second-order valence-electron chi connectivity index (χ2n) is 5.31. The molecule has 20 heavy (non-hydrogen) atoms. The number of para-hydroxylation sites is 1. The summed E-state index contributed by atoms with van der Waals surface area (Å²) in [5.41, 5.74) is 5.01. The van der Waals surface area contributed by atoms with Crippen LogP contribution in [0.15, 0.2) is 58.9 Å². The van der Waals surface area contributed by atoms with Gasteiger partial charge in [-0.15, -0.1) is 0 Å². The molecule has 2 aliphatic rings. The number of anilines is 1. The standard InChI is InChI=1S/C16H16N4/c1-20-16-13-8-4-5-9-14(13)17-10-11-6-2-3-7-12(11)15(16)18-19-20/h2-9,15-17H,10H2,1H3. The summed E-state index contributed by atoms with van der Waals surface area (Å²) in [5, 5.41) is 14.3. The Morgan fingerprint density at radius 2 is 1.80 bits per heavy atom. The average molecular weight is 264 g/mol. The number of hydrogen-bond donors (Lipinski definition) is 1. The van der Waals surface area contributed by atoms with E-state index in [9.17, 15) is 0 Å². The van der Waals surface area contributed by atoms with Crippen molar-refractivity contribution in [3.05, 3.63) is 65.2 Å². The lowest BCUT2D eigenvalue weighted by atomic mass is 9.88. The van der Waals surface area contributed by atoms with Crippen molar-refractivity contribution in [2.75, 3.05) is 12.4 Å². The first-order valence-electron chi connectivity index (χ1n) is 6.89. The SMILES string of the molecule is CN1N=NC2c3ccccc3CNc3ccccc3C21. The number of hydrogen-bond acceptors (Lipinski definition) is 4. The Balaban J connectivity index is 1.91. The van der Waals surface area contributed by atoms with Crippen LogP contribution < -0.4 is 5.32 Å². The average Bonchev–Trinajstić information content (AvgIpc) is 2.85. The lowest BCUT2D eigenvalue weighted by Gasteiger charge is -2.29. The molecule has 100 valence electrons. The van der Waals surface area contributed by atoms with E-state index in [1.54, 1.807) is 0 Å². The molecular formula is C16H16N4. The van der Waals surface area contributed by atoms with Gasteiger partial charge in [0.1, 0.15) is 12.1 Å². The van der Waals surface area contributed by atoms with Crippen molar-refractivity contribution in [1.82, 2.24) is 5.01 Å². The van der Waals surface area contributed by atoms with Crippen LogP contribution >= 0.6 is 0 Å². The Morgan fingerprint density at radius 1 is 1.05 bits per heavy atom. The Kier molecular flexibility index (Phi) is 2.49. The van der Waals surface area contributed by atoms with Gasteiger partial charge in [-0.05, 0) is 17.2 Å². The van der Waals surface area contributed by atoms with Crippen molar-refractivity contribution < 1.29 is 0 Å². The number of rotatable bonds is 0. The molecule has 0 aromatic heterocycles. The molecular weight excluding hydrogens is 248 g/mol. The van der Waals surface area contributed by atoms with E-state index in [-0.39, 0.29) is 12.1 Å². The molecule has 1 N–H and O–H groups in total. The zero-order valence-electron chi connectivity index (χ0n) is 11.3. The molecule has 2 aromatic carbocycles. The third kappa shape index (κ3) is 1.61. The normalized spacial score (nSPS) is 23.1. The minimum absolute atomic E-state index is 0.0828. The van der Waals surface area contributed by atoms with Crippen LogP contribution in [0.4, 0.5) is 5.69 Å². The summed E-state index contributed by atoms with van der Waals surface area (Å²) in [6, 6.07) is 17.2. The second kappa shape index (κ2) is 4.34. The minimum atomic E-state index is 0.0828. The van der Waals surface area contributed by atoms with Gasteiger partial charge in [-0.2, -0.15) is 5.11 Å². The van der Waals surface area contributed by atoms with Crippen molar-refractivity contribution in [2.45, 2.75) is 18.6 Å². The molecule has 0 spiro atoms. The molecule has 0 bridgehead atoms. The summed E-state index contributed by atoms with van der Waals surface area (Å²) in [4.78, 5) is 0. The molecule has 4 rings (SSSR count). The second-order valence-corrected chi connectivity index (χ2v) is 5.31. The topological polar surface area (TPSA) is 40.0 Å². The Hall–Kier alpha value is -2.36. The first-order valence-corrected chi connectivity index (χ1v) is 6.89. The van der Waals surface area contributed by atoms with Gasteiger partial charge in [-0.3, -0.25) is 5.01 Å². The van der Waals surface area contributed by atoms with Gasteiger partial charge in [-0.25, -0.2) is 0 Å². The highest BCUT2D eigenvalue weighted by Crippen LogP contribution is 2.45. The maximum atomic E-state index is 4.50. The summed E-state index contributed by atoms with van der Waals surface area (Å²) in [6.07, 6.45) is 0. The molecule has 2 unspecified atom stereocenters. The van der Waals surface area contributed by atoms with Gasteiger partial charge in [0.05, 0.1) is 0 Å². The zero-order valence-corrected chi connectivity index (χ0v) is 11.3. The Morgan fingerprint density at radius 3 is 2.70 bits per heavy atom. The molecule has 0 saturated heterocycles. The number of nitrogens with one attached hydrogen (secondary N) is 1. The molecule has 2 aliphatic heterocycles. The van der Waals surface area contributed by atoms with Crippen LogP contribution in [0.2, 0.25) is 0 Å². The summed E-state index contributed by atoms with van der Waals surface area (Å²) in [6.45, 7) is 0.829. The first kappa shape index (κ1) is 11.5. The molecule has 0 amide bonds.